The summed E-state index contributed by atoms with van der Waals surface area (Å²) in [6.45, 7) is 3.43. The molecule has 1 heterocycles. The highest BCUT2D eigenvalue weighted by Crippen LogP contribution is 2.31. The van der Waals surface area contributed by atoms with Crippen LogP contribution in [0.5, 0.6) is 0 Å². The number of alkyl halides is 3. The van der Waals surface area contributed by atoms with Crippen molar-refractivity contribution in [2.45, 2.75) is 19.5 Å². The Bertz CT molecular complexity index is 282. The van der Waals surface area contributed by atoms with Crippen LogP contribution in [0.15, 0.2) is 5.38 Å². The van der Waals surface area contributed by atoms with Gasteiger partial charge in [0.25, 0.3) is 0 Å². The molecule has 1 rings (SSSR count). The van der Waals surface area contributed by atoms with Gasteiger partial charge in [-0.2, -0.15) is 13.2 Å². The molecule has 0 atom stereocenters. The van der Waals surface area contributed by atoms with Gasteiger partial charge in [-0.3, -0.25) is 0 Å². The minimum Gasteiger partial charge on any atom is -0.317 e. The van der Waals surface area contributed by atoms with Gasteiger partial charge in [0.05, 0.1) is 5.69 Å². The number of hydrogen-bond acceptors (Lipinski definition) is 3. The van der Waals surface area contributed by atoms with E-state index < -0.39 is 11.2 Å². The molecule has 0 bridgehead atoms. The number of rotatable bonds is 4. The molecule has 2 nitrogen and oxygen atoms in total. The van der Waals surface area contributed by atoms with Gasteiger partial charge in [-0.1, -0.05) is 6.92 Å². The van der Waals surface area contributed by atoms with Crippen molar-refractivity contribution in [1.82, 2.24) is 10.3 Å². The molecule has 0 spiro atoms. The highest BCUT2D eigenvalue weighted by Gasteiger charge is 2.34. The number of nitrogens with zero attached hydrogens (tertiary/aromatic N) is 1. The maximum Gasteiger partial charge on any atom is 0.443 e. The molecule has 0 aliphatic carbocycles. The Morgan fingerprint density at radius 2 is 2.21 bits per heavy atom. The summed E-state index contributed by atoms with van der Waals surface area (Å²) < 4.78 is 36.4. The summed E-state index contributed by atoms with van der Waals surface area (Å²) in [4.78, 5) is 3.51. The molecule has 6 heteroatoms. The number of likely N-dealkylation sites (N-methyl/N-ethyl adjacent to an activating group) is 1. The van der Waals surface area contributed by atoms with E-state index in [2.05, 4.69) is 10.3 Å². The van der Waals surface area contributed by atoms with Gasteiger partial charge in [0.1, 0.15) is 0 Å². The first-order valence-electron chi connectivity index (χ1n) is 4.26. The maximum atomic E-state index is 12.1. The molecule has 1 aromatic heterocycles. The lowest BCUT2D eigenvalue weighted by Gasteiger charge is -2.00. The van der Waals surface area contributed by atoms with Crippen molar-refractivity contribution >= 4 is 11.3 Å². The van der Waals surface area contributed by atoms with Crippen LogP contribution in [-0.4, -0.2) is 18.1 Å². The topological polar surface area (TPSA) is 24.9 Å². The van der Waals surface area contributed by atoms with Crippen LogP contribution in [-0.2, 0) is 12.6 Å². The van der Waals surface area contributed by atoms with Crippen molar-refractivity contribution in [3.8, 4) is 0 Å². The largest absolute Gasteiger partial charge is 0.443 e. The Hall–Kier alpha value is -0.620. The molecule has 0 unspecified atom stereocenters. The zero-order valence-electron chi connectivity index (χ0n) is 7.69. The van der Waals surface area contributed by atoms with Crippen molar-refractivity contribution in [3.63, 3.8) is 0 Å². The third-order valence-corrected chi connectivity index (χ3v) is 2.54. The van der Waals surface area contributed by atoms with Crippen LogP contribution >= 0.6 is 11.3 Å². The Kier molecular flexibility index (Phi) is 3.88. The van der Waals surface area contributed by atoms with Gasteiger partial charge in [-0.25, -0.2) is 4.98 Å². The zero-order valence-corrected chi connectivity index (χ0v) is 8.50. The average Bonchev–Trinajstić information content (AvgIpc) is 2.52. The Labute approximate surface area is 84.2 Å². The maximum absolute atomic E-state index is 12.1. The second kappa shape index (κ2) is 4.75. The molecule has 14 heavy (non-hydrogen) atoms. The van der Waals surface area contributed by atoms with Crippen molar-refractivity contribution in [3.05, 3.63) is 16.1 Å². The second-order valence-corrected chi connectivity index (χ2v) is 3.60. The van der Waals surface area contributed by atoms with Gasteiger partial charge in [-0.15, -0.1) is 11.3 Å². The molecule has 1 N–H and O–H groups in total. The molecule has 0 amide bonds. The highest BCUT2D eigenvalue weighted by atomic mass is 32.1. The summed E-state index contributed by atoms with van der Waals surface area (Å²) in [5.41, 5.74) is 0.503. The SMILES string of the molecule is CCNCCc1csc(C(F)(F)F)n1. The molecule has 0 fully saturated rings. The van der Waals surface area contributed by atoms with E-state index in [9.17, 15) is 13.2 Å². The predicted octanol–water partition coefficient (Wildman–Crippen LogP) is 2.31. The standard InChI is InChI=1S/C8H11F3N2S/c1-2-12-4-3-6-5-14-7(13-6)8(9,10)11/h5,12H,2-4H2,1H3. The zero-order chi connectivity index (χ0) is 10.6. The van der Waals surface area contributed by atoms with Gasteiger partial charge in [0.15, 0.2) is 5.01 Å². The minimum atomic E-state index is -4.30. The fourth-order valence-corrected chi connectivity index (χ4v) is 1.67. The molecule has 80 valence electrons. The molecule has 0 aromatic carbocycles. The van der Waals surface area contributed by atoms with Gasteiger partial charge >= 0.3 is 6.18 Å². The minimum absolute atomic E-state index is 0.503. The van der Waals surface area contributed by atoms with Crippen LogP contribution in [0.3, 0.4) is 0 Å². The summed E-state index contributed by atoms with van der Waals surface area (Å²) in [5, 5.41) is 3.73. The summed E-state index contributed by atoms with van der Waals surface area (Å²) in [5.74, 6) is 0. The first-order chi connectivity index (χ1) is 6.54. The van der Waals surface area contributed by atoms with Crippen LogP contribution in [0.25, 0.3) is 0 Å². The lowest BCUT2D eigenvalue weighted by atomic mass is 10.3. The third kappa shape index (κ3) is 3.26. The highest BCUT2D eigenvalue weighted by molar-refractivity contribution is 7.09. The Morgan fingerprint density at radius 3 is 2.71 bits per heavy atom. The average molecular weight is 224 g/mol. The van der Waals surface area contributed by atoms with Crippen molar-refractivity contribution in [2.24, 2.45) is 0 Å². The molecule has 0 saturated heterocycles. The molecular weight excluding hydrogens is 213 g/mol. The summed E-state index contributed by atoms with van der Waals surface area (Å²) >= 11 is 0.651. The van der Waals surface area contributed by atoms with Crippen LogP contribution in [0.1, 0.15) is 17.6 Å². The number of nitrogens with one attached hydrogen (secondary N) is 1. The number of thiazole rings is 1. The van der Waals surface area contributed by atoms with Crippen molar-refractivity contribution in [2.75, 3.05) is 13.1 Å². The van der Waals surface area contributed by atoms with Crippen LogP contribution in [0, 0.1) is 0 Å². The molecule has 1 aromatic rings. The normalized spacial score (nSPS) is 12.0. The van der Waals surface area contributed by atoms with E-state index >= 15 is 0 Å². The predicted molar refractivity (Wildman–Crippen MR) is 49.4 cm³/mol. The fourth-order valence-electron chi connectivity index (χ4n) is 0.945. The first kappa shape index (κ1) is 11.5. The number of aromatic nitrogens is 1. The van der Waals surface area contributed by atoms with E-state index in [1.807, 2.05) is 6.92 Å². The number of hydrogen-bond donors (Lipinski definition) is 1. The van der Waals surface area contributed by atoms with Gasteiger partial charge in [-0.05, 0) is 6.54 Å². The van der Waals surface area contributed by atoms with Gasteiger partial charge < -0.3 is 5.32 Å². The first-order valence-corrected chi connectivity index (χ1v) is 5.14. The van der Waals surface area contributed by atoms with E-state index in [1.165, 1.54) is 5.38 Å². The second-order valence-electron chi connectivity index (χ2n) is 2.75. The molecule has 0 aliphatic rings. The van der Waals surface area contributed by atoms with Gasteiger partial charge in [0.2, 0.25) is 0 Å². The molecular formula is C8H11F3N2S. The van der Waals surface area contributed by atoms with E-state index in [4.69, 9.17) is 0 Å². The number of halogens is 3. The molecule has 0 radical (unpaired) electrons. The third-order valence-electron chi connectivity index (χ3n) is 1.60. The summed E-state index contributed by atoms with van der Waals surface area (Å²) in [6, 6.07) is 0. The summed E-state index contributed by atoms with van der Waals surface area (Å²) in [6.07, 6.45) is -3.76. The fraction of sp³-hybridized carbons (Fsp3) is 0.625. The molecule has 0 saturated carbocycles. The Balaban J connectivity index is 2.51. The van der Waals surface area contributed by atoms with Crippen LogP contribution in [0.2, 0.25) is 0 Å². The quantitative estimate of drug-likeness (QED) is 0.794. The van der Waals surface area contributed by atoms with Crippen LogP contribution in [0.4, 0.5) is 13.2 Å². The smallest absolute Gasteiger partial charge is 0.317 e. The van der Waals surface area contributed by atoms with E-state index in [0.717, 1.165) is 6.54 Å². The molecule has 0 aliphatic heterocycles. The van der Waals surface area contributed by atoms with Gasteiger partial charge in [0, 0.05) is 18.3 Å². The van der Waals surface area contributed by atoms with Crippen molar-refractivity contribution in [1.29, 1.82) is 0 Å². The van der Waals surface area contributed by atoms with E-state index in [0.29, 0.717) is 30.0 Å². The lowest BCUT2D eigenvalue weighted by Crippen LogP contribution is -2.16. The van der Waals surface area contributed by atoms with E-state index in [1.54, 1.807) is 0 Å². The lowest BCUT2D eigenvalue weighted by molar-refractivity contribution is -0.137. The van der Waals surface area contributed by atoms with Crippen LogP contribution < -0.4 is 5.32 Å². The monoisotopic (exact) mass is 224 g/mol. The van der Waals surface area contributed by atoms with E-state index in [-0.39, 0.29) is 0 Å². The summed E-state index contributed by atoms with van der Waals surface area (Å²) in [7, 11) is 0. The Morgan fingerprint density at radius 1 is 1.50 bits per heavy atom. The van der Waals surface area contributed by atoms with Crippen molar-refractivity contribution < 1.29 is 13.2 Å².